The lowest BCUT2D eigenvalue weighted by Crippen LogP contribution is -2.57. The highest BCUT2D eigenvalue weighted by Crippen LogP contribution is 2.51. The summed E-state index contributed by atoms with van der Waals surface area (Å²) in [7, 11) is 0. The number of nitrogens with zero attached hydrogens (tertiary/aromatic N) is 1. The van der Waals surface area contributed by atoms with Gasteiger partial charge in [-0.05, 0) is 50.8 Å². The van der Waals surface area contributed by atoms with E-state index < -0.39 is 63.6 Å². The molecule has 1 unspecified atom stereocenters. The van der Waals surface area contributed by atoms with Crippen molar-refractivity contribution in [3.05, 3.63) is 51.2 Å². The van der Waals surface area contributed by atoms with E-state index in [1.54, 1.807) is 0 Å². The predicted molar refractivity (Wildman–Crippen MR) is 128 cm³/mol. The fourth-order valence-electron chi connectivity index (χ4n) is 6.45. The maximum atomic E-state index is 15.8. The highest BCUT2D eigenvalue weighted by Gasteiger charge is 2.59. The number of allylic oxidation sites excluding steroid dienone is 2. The minimum absolute atomic E-state index is 0.0382. The number of piperidine rings is 1. The SMILES string of the molecule is NC(=O)C1=C(O)C[C@@H]2CC3Cc4c(F)c(CN5CCC(C(N)=O)CC5)cc(O)c4C(=O)C3=C(O)[C@]2(O)C1=O. The molecule has 1 fully saturated rings. The molecule has 1 aliphatic heterocycles. The average Bonchev–Trinajstić information content (AvgIpc) is 2.84. The lowest BCUT2D eigenvalue weighted by Gasteiger charge is -2.45. The third kappa shape index (κ3) is 3.70. The van der Waals surface area contributed by atoms with Gasteiger partial charge in [0.05, 0.1) is 5.56 Å². The number of aliphatic hydroxyl groups is 3. The Balaban J connectivity index is 1.50. The summed E-state index contributed by atoms with van der Waals surface area (Å²) >= 11 is 0. The number of aromatic hydroxyl groups is 1. The van der Waals surface area contributed by atoms with Gasteiger partial charge in [0.1, 0.15) is 28.7 Å². The first-order chi connectivity index (χ1) is 17.9. The molecule has 5 rings (SSSR count). The van der Waals surface area contributed by atoms with Crippen molar-refractivity contribution in [2.45, 2.75) is 44.2 Å². The molecule has 1 saturated heterocycles. The summed E-state index contributed by atoms with van der Waals surface area (Å²) in [6.45, 7) is 1.15. The van der Waals surface area contributed by atoms with Crippen molar-refractivity contribution in [2.75, 3.05) is 13.1 Å². The molecule has 3 atom stereocenters. The molecule has 8 N–H and O–H groups in total. The van der Waals surface area contributed by atoms with Crippen LogP contribution < -0.4 is 11.5 Å². The highest BCUT2D eigenvalue weighted by molar-refractivity contribution is 6.24. The second-order valence-corrected chi connectivity index (χ2v) is 10.6. The number of benzene rings is 1. The van der Waals surface area contributed by atoms with Crippen molar-refractivity contribution < 1.29 is 44.0 Å². The zero-order valence-corrected chi connectivity index (χ0v) is 20.4. The number of hydrogen-bond acceptors (Lipinski definition) is 9. The fraction of sp³-hybridized carbons (Fsp3) is 0.462. The molecule has 11 nitrogen and oxygen atoms in total. The number of phenolic OH excluding ortho intramolecular Hbond substituents is 1. The summed E-state index contributed by atoms with van der Waals surface area (Å²) in [5.41, 5.74) is 6.45. The number of ketones is 2. The van der Waals surface area contributed by atoms with Gasteiger partial charge in [-0.2, -0.15) is 0 Å². The van der Waals surface area contributed by atoms with Crippen LogP contribution in [0.4, 0.5) is 4.39 Å². The van der Waals surface area contributed by atoms with Gasteiger partial charge >= 0.3 is 0 Å². The lowest BCUT2D eigenvalue weighted by atomic mass is 9.60. The topological polar surface area (TPSA) is 204 Å². The van der Waals surface area contributed by atoms with Gasteiger partial charge in [-0.3, -0.25) is 24.1 Å². The van der Waals surface area contributed by atoms with Crippen molar-refractivity contribution in [1.82, 2.24) is 4.90 Å². The van der Waals surface area contributed by atoms with Gasteiger partial charge in [0.15, 0.2) is 11.4 Å². The molecule has 12 heteroatoms. The summed E-state index contributed by atoms with van der Waals surface area (Å²) in [6, 6.07) is 1.14. The number of rotatable bonds is 4. The number of fused-ring (bicyclic) bond motifs is 3. The Morgan fingerprint density at radius 2 is 1.76 bits per heavy atom. The Morgan fingerprint density at radius 3 is 2.37 bits per heavy atom. The molecule has 1 aromatic rings. The molecule has 1 heterocycles. The van der Waals surface area contributed by atoms with E-state index in [9.17, 15) is 39.6 Å². The predicted octanol–water partition coefficient (Wildman–Crippen LogP) is 0.417. The zero-order chi connectivity index (χ0) is 27.7. The van der Waals surface area contributed by atoms with E-state index in [0.717, 1.165) is 6.07 Å². The summed E-state index contributed by atoms with van der Waals surface area (Å²) in [5.74, 6) is -8.84. The normalized spacial score (nSPS) is 28.2. The number of Topliss-reactive ketones (excluding diaryl/α,β-unsaturated/α-hetero) is 2. The maximum Gasteiger partial charge on any atom is 0.255 e. The maximum absolute atomic E-state index is 15.8. The number of nitrogens with two attached hydrogens (primary N) is 2. The fourth-order valence-corrected chi connectivity index (χ4v) is 6.45. The molecule has 0 spiro atoms. The number of primary amides is 2. The number of hydrogen-bond donors (Lipinski definition) is 6. The van der Waals surface area contributed by atoms with E-state index in [1.807, 2.05) is 4.90 Å². The van der Waals surface area contributed by atoms with E-state index in [4.69, 9.17) is 11.5 Å². The Kier molecular flexibility index (Phi) is 6.07. The van der Waals surface area contributed by atoms with E-state index in [2.05, 4.69) is 0 Å². The number of halogens is 1. The third-order valence-corrected chi connectivity index (χ3v) is 8.45. The van der Waals surface area contributed by atoms with Crippen LogP contribution >= 0.6 is 0 Å². The highest BCUT2D eigenvalue weighted by atomic mass is 19.1. The molecular weight excluding hydrogens is 501 g/mol. The molecule has 202 valence electrons. The number of carbonyl (C=O) groups excluding carboxylic acids is 4. The van der Waals surface area contributed by atoms with Crippen LogP contribution in [0.15, 0.2) is 28.7 Å². The molecule has 2 amide bonds. The Morgan fingerprint density at radius 1 is 1.11 bits per heavy atom. The van der Waals surface area contributed by atoms with E-state index in [1.165, 1.54) is 0 Å². The monoisotopic (exact) mass is 529 g/mol. The molecule has 3 aliphatic carbocycles. The Bertz CT molecular complexity index is 1360. The van der Waals surface area contributed by atoms with Crippen LogP contribution in [0.5, 0.6) is 5.75 Å². The van der Waals surface area contributed by atoms with Crippen molar-refractivity contribution in [1.29, 1.82) is 0 Å². The standard InChI is InChI=1S/C26H28FN3O8/c27-20-12(9-30-3-1-10(2-4-30)24(28)36)7-15(31)18-14(20)6-11-5-13-8-16(32)19(25(29)37)23(35)26(13,38)22(34)17(11)21(18)33/h7,10-11,13,31-32,34,38H,1-6,8-9H2,(H2,28,36)(H2,29,37)/t11?,13-,26-/m0/s1. The van der Waals surface area contributed by atoms with Gasteiger partial charge in [-0.1, -0.05) is 0 Å². The number of likely N-dealkylation sites (tertiary alicyclic amines) is 1. The Hall–Kier alpha value is -3.77. The molecule has 0 saturated carbocycles. The summed E-state index contributed by atoms with van der Waals surface area (Å²) < 4.78 is 15.8. The number of aliphatic hydroxyl groups excluding tert-OH is 2. The van der Waals surface area contributed by atoms with Crippen molar-refractivity contribution in [3.63, 3.8) is 0 Å². The first-order valence-electron chi connectivity index (χ1n) is 12.4. The summed E-state index contributed by atoms with van der Waals surface area (Å²) in [4.78, 5) is 51.5. The van der Waals surface area contributed by atoms with Crippen LogP contribution in [0, 0.1) is 23.6 Å². The molecule has 38 heavy (non-hydrogen) atoms. The number of amides is 2. The van der Waals surface area contributed by atoms with E-state index >= 15 is 4.39 Å². The van der Waals surface area contributed by atoms with Crippen LogP contribution in [-0.4, -0.2) is 67.4 Å². The van der Waals surface area contributed by atoms with Crippen LogP contribution in [0.2, 0.25) is 0 Å². The number of phenols is 1. The summed E-state index contributed by atoms with van der Waals surface area (Å²) in [5, 5.41) is 43.2. The second kappa shape index (κ2) is 8.91. The molecule has 0 bridgehead atoms. The lowest BCUT2D eigenvalue weighted by molar-refractivity contribution is -0.144. The Labute approximate surface area is 216 Å². The first kappa shape index (κ1) is 25.9. The molecule has 4 aliphatic rings. The van der Waals surface area contributed by atoms with Gasteiger partial charge in [-0.15, -0.1) is 0 Å². The smallest absolute Gasteiger partial charge is 0.255 e. The van der Waals surface area contributed by atoms with Gasteiger partial charge in [-0.25, -0.2) is 4.39 Å². The van der Waals surface area contributed by atoms with Crippen molar-refractivity contribution in [3.8, 4) is 5.75 Å². The van der Waals surface area contributed by atoms with Crippen LogP contribution in [-0.2, 0) is 27.3 Å². The quantitative estimate of drug-likeness (QED) is 0.299. The summed E-state index contributed by atoms with van der Waals surface area (Å²) in [6.07, 6.45) is 0.525. The molecule has 1 aromatic carbocycles. The largest absolute Gasteiger partial charge is 0.511 e. The van der Waals surface area contributed by atoms with E-state index in [-0.39, 0.29) is 59.9 Å². The van der Waals surface area contributed by atoms with Crippen molar-refractivity contribution in [2.24, 2.45) is 29.2 Å². The third-order valence-electron chi connectivity index (χ3n) is 8.45. The van der Waals surface area contributed by atoms with Gasteiger partial charge in [0, 0.05) is 41.5 Å². The van der Waals surface area contributed by atoms with E-state index in [0.29, 0.717) is 25.9 Å². The number of carbonyl (C=O) groups is 4. The molecule has 0 aromatic heterocycles. The first-order valence-corrected chi connectivity index (χ1v) is 12.4. The average molecular weight is 530 g/mol. The van der Waals surface area contributed by atoms with Crippen LogP contribution in [0.25, 0.3) is 0 Å². The molecule has 0 radical (unpaired) electrons. The molecular formula is C26H28FN3O8. The van der Waals surface area contributed by atoms with Crippen LogP contribution in [0.3, 0.4) is 0 Å². The minimum Gasteiger partial charge on any atom is -0.511 e. The second-order valence-electron chi connectivity index (χ2n) is 10.6. The van der Waals surface area contributed by atoms with Gasteiger partial charge in [0.2, 0.25) is 11.7 Å². The van der Waals surface area contributed by atoms with Crippen molar-refractivity contribution >= 4 is 23.4 Å². The van der Waals surface area contributed by atoms with Crippen LogP contribution in [0.1, 0.15) is 47.2 Å². The zero-order valence-electron chi connectivity index (χ0n) is 20.4. The van der Waals surface area contributed by atoms with Gasteiger partial charge in [0.25, 0.3) is 5.91 Å². The van der Waals surface area contributed by atoms with Gasteiger partial charge < -0.3 is 31.9 Å². The minimum atomic E-state index is -2.67.